The fraction of sp³-hybridized carbons (Fsp3) is 0.500. The van der Waals surface area contributed by atoms with Crippen LogP contribution in [0.2, 0.25) is 0 Å². The second-order valence-electron chi connectivity index (χ2n) is 3.90. The van der Waals surface area contributed by atoms with E-state index in [1.807, 2.05) is 20.8 Å². The maximum atomic E-state index is 13.6. The third-order valence-electron chi connectivity index (χ3n) is 2.25. The van der Waals surface area contributed by atoms with E-state index in [1.165, 1.54) is 6.07 Å². The highest BCUT2D eigenvalue weighted by Gasteiger charge is 2.16. The van der Waals surface area contributed by atoms with Crippen LogP contribution in [0.1, 0.15) is 32.4 Å². The number of ether oxygens (including phenoxy) is 1. The molecule has 0 radical (unpaired) electrons. The van der Waals surface area contributed by atoms with Crippen LogP contribution in [-0.4, -0.2) is 13.2 Å². The van der Waals surface area contributed by atoms with Crippen LogP contribution in [0, 0.1) is 5.82 Å². The number of benzene rings is 1. The van der Waals surface area contributed by atoms with Crippen LogP contribution in [0.4, 0.5) is 4.39 Å². The molecular weight excluding hydrogens is 193 g/mol. The van der Waals surface area contributed by atoms with Crippen molar-refractivity contribution in [2.45, 2.75) is 32.9 Å². The van der Waals surface area contributed by atoms with Gasteiger partial charge in [-0.3, -0.25) is 0 Å². The molecule has 0 aliphatic carbocycles. The van der Waals surface area contributed by atoms with E-state index >= 15 is 0 Å². The van der Waals surface area contributed by atoms with Crippen LogP contribution >= 0.6 is 0 Å². The van der Waals surface area contributed by atoms with Crippen molar-refractivity contribution >= 4 is 0 Å². The minimum absolute atomic E-state index is 0.0545. The van der Waals surface area contributed by atoms with Gasteiger partial charge in [0.1, 0.15) is 11.6 Å². The summed E-state index contributed by atoms with van der Waals surface area (Å²) in [4.78, 5) is 0. The van der Waals surface area contributed by atoms with Crippen molar-refractivity contribution < 1.29 is 9.13 Å². The molecule has 1 rings (SSSR count). The van der Waals surface area contributed by atoms with E-state index in [2.05, 4.69) is 5.32 Å². The minimum atomic E-state index is -0.227. The Hall–Kier alpha value is -1.09. The summed E-state index contributed by atoms with van der Waals surface area (Å²) in [6, 6.07) is 5.14. The normalized spacial score (nSPS) is 12.9. The zero-order chi connectivity index (χ0) is 11.4. The molecular formula is C12H18FNO. The summed E-state index contributed by atoms with van der Waals surface area (Å²) in [5.74, 6) is 0.366. The Morgan fingerprint density at radius 3 is 2.47 bits per heavy atom. The van der Waals surface area contributed by atoms with E-state index in [0.29, 0.717) is 17.4 Å². The zero-order valence-electron chi connectivity index (χ0n) is 9.67. The fourth-order valence-corrected chi connectivity index (χ4v) is 1.70. The molecule has 1 atom stereocenters. The van der Waals surface area contributed by atoms with Crippen LogP contribution < -0.4 is 10.1 Å². The number of hydrogen-bond donors (Lipinski definition) is 1. The average Bonchev–Trinajstić information content (AvgIpc) is 2.15. The first kappa shape index (κ1) is 12.0. The lowest BCUT2D eigenvalue weighted by Crippen LogP contribution is -2.27. The van der Waals surface area contributed by atoms with Crippen molar-refractivity contribution in [3.05, 3.63) is 29.6 Å². The van der Waals surface area contributed by atoms with Crippen LogP contribution in [0.15, 0.2) is 18.2 Å². The maximum Gasteiger partial charge on any atom is 0.131 e. The second kappa shape index (κ2) is 5.12. The molecule has 84 valence electrons. The average molecular weight is 211 g/mol. The smallest absolute Gasteiger partial charge is 0.131 e. The number of hydrogen-bond acceptors (Lipinski definition) is 2. The SMILES string of the molecule is COc1cccc(F)c1C(C)NC(C)C. The molecule has 0 aliphatic heterocycles. The lowest BCUT2D eigenvalue weighted by atomic mass is 10.1. The molecule has 1 aromatic carbocycles. The lowest BCUT2D eigenvalue weighted by molar-refractivity contribution is 0.389. The van der Waals surface area contributed by atoms with Crippen molar-refractivity contribution in [1.29, 1.82) is 0 Å². The Kier molecular flexibility index (Phi) is 4.09. The van der Waals surface area contributed by atoms with E-state index < -0.39 is 0 Å². The minimum Gasteiger partial charge on any atom is -0.496 e. The summed E-state index contributed by atoms with van der Waals surface area (Å²) in [7, 11) is 1.56. The van der Waals surface area contributed by atoms with Gasteiger partial charge in [-0.1, -0.05) is 19.9 Å². The summed E-state index contributed by atoms with van der Waals surface area (Å²) in [5, 5.41) is 3.25. The monoisotopic (exact) mass is 211 g/mol. The first-order chi connectivity index (χ1) is 7.06. The van der Waals surface area contributed by atoms with Gasteiger partial charge in [-0.25, -0.2) is 4.39 Å². The predicted octanol–water partition coefficient (Wildman–Crippen LogP) is 2.89. The molecule has 0 saturated carbocycles. The molecule has 0 aliphatic rings. The zero-order valence-corrected chi connectivity index (χ0v) is 9.67. The molecule has 15 heavy (non-hydrogen) atoms. The Labute approximate surface area is 90.4 Å². The summed E-state index contributed by atoms with van der Waals surface area (Å²) in [6.45, 7) is 5.99. The number of halogens is 1. The van der Waals surface area contributed by atoms with Crippen molar-refractivity contribution in [3.8, 4) is 5.75 Å². The number of rotatable bonds is 4. The summed E-state index contributed by atoms with van der Waals surface area (Å²) < 4.78 is 18.8. The molecule has 0 fully saturated rings. The molecule has 3 heteroatoms. The van der Waals surface area contributed by atoms with Gasteiger partial charge in [-0.05, 0) is 19.1 Å². The molecule has 2 nitrogen and oxygen atoms in total. The number of methoxy groups -OCH3 is 1. The number of nitrogens with one attached hydrogen (secondary N) is 1. The Morgan fingerprint density at radius 2 is 1.93 bits per heavy atom. The van der Waals surface area contributed by atoms with Gasteiger partial charge in [0.25, 0.3) is 0 Å². The highest BCUT2D eigenvalue weighted by atomic mass is 19.1. The predicted molar refractivity (Wildman–Crippen MR) is 59.6 cm³/mol. The van der Waals surface area contributed by atoms with Gasteiger partial charge in [-0.15, -0.1) is 0 Å². The van der Waals surface area contributed by atoms with Crippen molar-refractivity contribution in [3.63, 3.8) is 0 Å². The first-order valence-electron chi connectivity index (χ1n) is 5.14. The van der Waals surface area contributed by atoms with Gasteiger partial charge < -0.3 is 10.1 Å². The van der Waals surface area contributed by atoms with Crippen LogP contribution in [0.5, 0.6) is 5.75 Å². The van der Waals surface area contributed by atoms with Crippen molar-refractivity contribution in [2.24, 2.45) is 0 Å². The Bertz CT molecular complexity index is 325. The highest BCUT2D eigenvalue weighted by Crippen LogP contribution is 2.27. The quantitative estimate of drug-likeness (QED) is 0.826. The Morgan fingerprint density at radius 1 is 1.27 bits per heavy atom. The largest absolute Gasteiger partial charge is 0.496 e. The van der Waals surface area contributed by atoms with Gasteiger partial charge in [0.15, 0.2) is 0 Å². The van der Waals surface area contributed by atoms with E-state index in [4.69, 9.17) is 4.74 Å². The molecule has 1 aromatic rings. The van der Waals surface area contributed by atoms with Gasteiger partial charge >= 0.3 is 0 Å². The molecule has 1 N–H and O–H groups in total. The molecule has 0 spiro atoms. The molecule has 0 bridgehead atoms. The summed E-state index contributed by atoms with van der Waals surface area (Å²) >= 11 is 0. The first-order valence-corrected chi connectivity index (χ1v) is 5.14. The van der Waals surface area contributed by atoms with E-state index in [1.54, 1.807) is 19.2 Å². The van der Waals surface area contributed by atoms with Gasteiger partial charge in [-0.2, -0.15) is 0 Å². The summed E-state index contributed by atoms with van der Waals surface area (Å²) in [5.41, 5.74) is 0.591. The van der Waals surface area contributed by atoms with Gasteiger partial charge in [0.05, 0.1) is 7.11 Å². The van der Waals surface area contributed by atoms with Crippen molar-refractivity contribution in [2.75, 3.05) is 7.11 Å². The van der Waals surface area contributed by atoms with E-state index in [9.17, 15) is 4.39 Å². The van der Waals surface area contributed by atoms with Crippen LogP contribution in [0.25, 0.3) is 0 Å². The van der Waals surface area contributed by atoms with Gasteiger partial charge in [0, 0.05) is 17.6 Å². The highest BCUT2D eigenvalue weighted by molar-refractivity contribution is 5.36. The topological polar surface area (TPSA) is 21.3 Å². The maximum absolute atomic E-state index is 13.6. The summed E-state index contributed by atoms with van der Waals surface area (Å²) in [6.07, 6.45) is 0. The van der Waals surface area contributed by atoms with Gasteiger partial charge in [0.2, 0.25) is 0 Å². The second-order valence-corrected chi connectivity index (χ2v) is 3.90. The fourth-order valence-electron chi connectivity index (χ4n) is 1.70. The van der Waals surface area contributed by atoms with E-state index in [-0.39, 0.29) is 11.9 Å². The Balaban J connectivity index is 3.00. The standard InChI is InChI=1S/C12H18FNO/c1-8(2)14-9(3)12-10(13)6-5-7-11(12)15-4/h5-9,14H,1-4H3. The third kappa shape index (κ3) is 2.93. The molecule has 1 unspecified atom stereocenters. The lowest BCUT2D eigenvalue weighted by Gasteiger charge is -2.20. The molecule has 0 heterocycles. The third-order valence-corrected chi connectivity index (χ3v) is 2.25. The molecule has 0 amide bonds. The van der Waals surface area contributed by atoms with Crippen LogP contribution in [0.3, 0.4) is 0 Å². The van der Waals surface area contributed by atoms with E-state index in [0.717, 1.165) is 0 Å². The molecule has 0 aromatic heterocycles. The van der Waals surface area contributed by atoms with Crippen molar-refractivity contribution in [1.82, 2.24) is 5.32 Å². The molecule has 0 saturated heterocycles. The van der Waals surface area contributed by atoms with Crippen LogP contribution in [-0.2, 0) is 0 Å².